The van der Waals surface area contributed by atoms with E-state index in [0.29, 0.717) is 12.3 Å². The summed E-state index contributed by atoms with van der Waals surface area (Å²) in [6, 6.07) is 5.39. The minimum atomic E-state index is -1.20. The second-order valence-corrected chi connectivity index (χ2v) is 5.75. The van der Waals surface area contributed by atoms with Gasteiger partial charge in [-0.05, 0) is 38.5 Å². The molecule has 1 atom stereocenters. The molecule has 0 amide bonds. The Hall–Kier alpha value is -1.08. The molecule has 104 valence electrons. The first-order chi connectivity index (χ1) is 8.85. The quantitative estimate of drug-likeness (QED) is 0.711. The number of benzene rings is 1. The molecule has 1 unspecified atom stereocenters. The van der Waals surface area contributed by atoms with Gasteiger partial charge >= 0.3 is 7.32 Å². The summed E-state index contributed by atoms with van der Waals surface area (Å²) in [7, 11) is -1.20. The van der Waals surface area contributed by atoms with E-state index in [2.05, 4.69) is 26.1 Å². The fraction of sp³-hybridized carbons (Fsp3) is 0.538. The molecule has 0 saturated carbocycles. The molecule has 0 spiro atoms. The zero-order valence-corrected chi connectivity index (χ0v) is 11.5. The fourth-order valence-corrected chi connectivity index (χ4v) is 1.86. The predicted molar refractivity (Wildman–Crippen MR) is 72.5 cm³/mol. The van der Waals surface area contributed by atoms with Crippen molar-refractivity contribution in [3.05, 3.63) is 29.3 Å². The van der Waals surface area contributed by atoms with E-state index in [1.807, 2.05) is 6.07 Å². The maximum atomic E-state index is 10.1. The molecular formula is C13H20BNO4. The summed E-state index contributed by atoms with van der Waals surface area (Å²) in [5, 5.41) is 22.6. The molecule has 2 rings (SSSR count). The van der Waals surface area contributed by atoms with Gasteiger partial charge in [0.2, 0.25) is 0 Å². The SMILES string of the molecule is CC(C)(C)NCC(O)c1ccc2c(c1)COB(O)O2. The Balaban J connectivity index is 2.05. The highest BCUT2D eigenvalue weighted by molar-refractivity contribution is 6.36. The molecule has 0 bridgehead atoms. The lowest BCUT2D eigenvalue weighted by Crippen LogP contribution is -2.38. The zero-order chi connectivity index (χ0) is 14.0. The largest absolute Gasteiger partial charge is 0.710 e. The Morgan fingerprint density at radius 3 is 2.84 bits per heavy atom. The number of hydrogen-bond donors (Lipinski definition) is 3. The van der Waals surface area contributed by atoms with Crippen LogP contribution in [-0.2, 0) is 11.3 Å². The Labute approximate surface area is 113 Å². The van der Waals surface area contributed by atoms with Crippen molar-refractivity contribution in [2.24, 2.45) is 0 Å². The van der Waals surface area contributed by atoms with Gasteiger partial charge in [0.1, 0.15) is 5.75 Å². The summed E-state index contributed by atoms with van der Waals surface area (Å²) in [5.41, 5.74) is 1.60. The first kappa shape index (κ1) is 14.3. The number of β-amino-alcohol motifs (C(OH)–C–C–N with tert-alkyl or cyclic N) is 1. The van der Waals surface area contributed by atoms with Crippen LogP contribution in [0.5, 0.6) is 5.75 Å². The number of hydrogen-bond acceptors (Lipinski definition) is 5. The van der Waals surface area contributed by atoms with Gasteiger partial charge in [-0.2, -0.15) is 0 Å². The third kappa shape index (κ3) is 3.94. The lowest BCUT2D eigenvalue weighted by atomic mass is 10.0. The molecule has 1 aliphatic rings. The van der Waals surface area contributed by atoms with Crippen molar-refractivity contribution in [3.63, 3.8) is 0 Å². The van der Waals surface area contributed by atoms with Crippen molar-refractivity contribution in [1.82, 2.24) is 5.32 Å². The molecule has 1 aromatic rings. The Bertz CT molecular complexity index is 447. The molecule has 3 N–H and O–H groups in total. The lowest BCUT2D eigenvalue weighted by molar-refractivity contribution is 0.156. The maximum absolute atomic E-state index is 10.1. The van der Waals surface area contributed by atoms with E-state index in [4.69, 9.17) is 9.31 Å². The van der Waals surface area contributed by atoms with Crippen molar-refractivity contribution < 1.29 is 19.4 Å². The first-order valence-corrected chi connectivity index (χ1v) is 6.37. The van der Waals surface area contributed by atoms with Gasteiger partial charge in [-0.25, -0.2) is 0 Å². The van der Waals surface area contributed by atoms with Crippen LogP contribution >= 0.6 is 0 Å². The Morgan fingerprint density at radius 1 is 1.42 bits per heavy atom. The van der Waals surface area contributed by atoms with Crippen LogP contribution in [0.3, 0.4) is 0 Å². The molecule has 1 aliphatic heterocycles. The summed E-state index contributed by atoms with van der Waals surface area (Å²) in [6.45, 7) is 6.91. The number of rotatable bonds is 3. The zero-order valence-electron chi connectivity index (χ0n) is 11.5. The highest BCUT2D eigenvalue weighted by atomic mass is 16.7. The highest BCUT2D eigenvalue weighted by Gasteiger charge is 2.26. The molecule has 0 fully saturated rings. The molecule has 0 saturated heterocycles. The van der Waals surface area contributed by atoms with Crippen molar-refractivity contribution in [2.45, 2.75) is 39.0 Å². The van der Waals surface area contributed by atoms with Gasteiger partial charge in [0, 0.05) is 17.6 Å². The van der Waals surface area contributed by atoms with Crippen molar-refractivity contribution in [1.29, 1.82) is 0 Å². The summed E-state index contributed by atoms with van der Waals surface area (Å²) < 4.78 is 10.1. The third-order valence-corrected chi connectivity index (χ3v) is 2.90. The van der Waals surface area contributed by atoms with E-state index in [-0.39, 0.29) is 12.1 Å². The van der Waals surface area contributed by atoms with E-state index in [1.165, 1.54) is 0 Å². The molecule has 1 heterocycles. The van der Waals surface area contributed by atoms with Crippen LogP contribution in [0.25, 0.3) is 0 Å². The molecule has 0 aliphatic carbocycles. The van der Waals surface area contributed by atoms with Gasteiger partial charge in [0.05, 0.1) is 12.7 Å². The Morgan fingerprint density at radius 2 is 2.16 bits per heavy atom. The van der Waals surface area contributed by atoms with E-state index < -0.39 is 13.4 Å². The smallest absolute Gasteiger partial charge is 0.512 e. The van der Waals surface area contributed by atoms with Crippen molar-refractivity contribution in [2.75, 3.05) is 6.54 Å². The van der Waals surface area contributed by atoms with Gasteiger partial charge in [-0.1, -0.05) is 6.07 Å². The van der Waals surface area contributed by atoms with Gasteiger partial charge < -0.3 is 24.8 Å². The van der Waals surface area contributed by atoms with Gasteiger partial charge in [0.15, 0.2) is 0 Å². The third-order valence-electron chi connectivity index (χ3n) is 2.90. The molecule has 5 nitrogen and oxygen atoms in total. The molecular weight excluding hydrogens is 245 g/mol. The minimum absolute atomic E-state index is 0.0362. The Kier molecular flexibility index (Phi) is 4.15. The number of fused-ring (bicyclic) bond motifs is 1. The van der Waals surface area contributed by atoms with Crippen LogP contribution in [0.4, 0.5) is 0 Å². The second kappa shape index (κ2) is 5.50. The minimum Gasteiger partial charge on any atom is -0.512 e. The maximum Gasteiger partial charge on any atom is 0.710 e. The average Bonchev–Trinajstić information content (AvgIpc) is 2.34. The number of aliphatic hydroxyl groups excluding tert-OH is 1. The van der Waals surface area contributed by atoms with E-state index in [0.717, 1.165) is 11.1 Å². The van der Waals surface area contributed by atoms with E-state index >= 15 is 0 Å². The van der Waals surface area contributed by atoms with Crippen LogP contribution in [0, 0.1) is 0 Å². The van der Waals surface area contributed by atoms with Crippen molar-refractivity contribution in [3.8, 4) is 5.75 Å². The van der Waals surface area contributed by atoms with Crippen LogP contribution in [0.1, 0.15) is 38.0 Å². The molecule has 1 aromatic carbocycles. The van der Waals surface area contributed by atoms with Crippen LogP contribution in [-0.4, -0.2) is 29.5 Å². The monoisotopic (exact) mass is 265 g/mol. The number of nitrogens with one attached hydrogen (secondary N) is 1. The fourth-order valence-electron chi connectivity index (χ4n) is 1.86. The average molecular weight is 265 g/mol. The molecule has 0 radical (unpaired) electrons. The van der Waals surface area contributed by atoms with Crippen molar-refractivity contribution >= 4 is 7.32 Å². The highest BCUT2D eigenvalue weighted by Crippen LogP contribution is 2.27. The molecule has 6 heteroatoms. The topological polar surface area (TPSA) is 71.0 Å². The summed E-state index contributed by atoms with van der Waals surface area (Å²) in [4.78, 5) is 0. The summed E-state index contributed by atoms with van der Waals surface area (Å²) in [6.07, 6.45) is -0.587. The van der Waals surface area contributed by atoms with E-state index in [9.17, 15) is 10.1 Å². The first-order valence-electron chi connectivity index (χ1n) is 6.37. The van der Waals surface area contributed by atoms with E-state index in [1.54, 1.807) is 12.1 Å². The van der Waals surface area contributed by atoms with Gasteiger partial charge in [-0.3, -0.25) is 0 Å². The van der Waals surface area contributed by atoms with Crippen LogP contribution < -0.4 is 9.97 Å². The standard InChI is InChI=1S/C13H20BNO4/c1-13(2,3)15-7-11(16)9-4-5-12-10(6-9)8-18-14(17)19-12/h4-6,11,15-17H,7-8H2,1-3H3. The lowest BCUT2D eigenvalue weighted by Gasteiger charge is -2.24. The van der Waals surface area contributed by atoms with Gasteiger partial charge in [-0.15, -0.1) is 0 Å². The van der Waals surface area contributed by atoms with Crippen LogP contribution in [0.2, 0.25) is 0 Å². The molecule has 0 aromatic heterocycles. The van der Waals surface area contributed by atoms with Crippen LogP contribution in [0.15, 0.2) is 18.2 Å². The number of aliphatic hydroxyl groups is 1. The summed E-state index contributed by atoms with van der Waals surface area (Å²) >= 11 is 0. The summed E-state index contributed by atoms with van der Waals surface area (Å²) in [5.74, 6) is 0.596. The van der Waals surface area contributed by atoms with Gasteiger partial charge in [0.25, 0.3) is 0 Å². The molecule has 19 heavy (non-hydrogen) atoms. The predicted octanol–water partition coefficient (Wildman–Crippen LogP) is 0.994. The normalized spacial score (nSPS) is 16.8. The second-order valence-electron chi connectivity index (χ2n) is 5.75.